The first-order valence-electron chi connectivity index (χ1n) is 5.81. The summed E-state index contributed by atoms with van der Waals surface area (Å²) < 4.78 is 18.3. The van der Waals surface area contributed by atoms with Gasteiger partial charge in [-0.3, -0.25) is 4.79 Å². The van der Waals surface area contributed by atoms with Gasteiger partial charge in [0.05, 0.1) is 12.7 Å². The molecule has 0 aliphatic carbocycles. The van der Waals surface area contributed by atoms with Crippen LogP contribution in [-0.4, -0.2) is 19.9 Å². The van der Waals surface area contributed by atoms with Gasteiger partial charge in [-0.25, -0.2) is 4.39 Å². The Labute approximate surface area is 111 Å². The average Bonchev–Trinajstić information content (AvgIpc) is 2.46. The highest BCUT2D eigenvalue weighted by Crippen LogP contribution is 2.23. The van der Waals surface area contributed by atoms with Crippen LogP contribution in [0.4, 0.5) is 10.1 Å². The second-order valence-electron chi connectivity index (χ2n) is 4.00. The van der Waals surface area contributed by atoms with E-state index in [9.17, 15) is 9.18 Å². The molecule has 2 rings (SSSR count). The molecule has 98 valence electrons. The van der Waals surface area contributed by atoms with Gasteiger partial charge in [0.1, 0.15) is 11.6 Å². The van der Waals surface area contributed by atoms with E-state index in [1.54, 1.807) is 31.3 Å². The molecular formula is C15H14FNO2. The van der Waals surface area contributed by atoms with Crippen molar-refractivity contribution in [1.29, 1.82) is 0 Å². The summed E-state index contributed by atoms with van der Waals surface area (Å²) in [6.45, 7) is 0. The lowest BCUT2D eigenvalue weighted by atomic mass is 10.0. The van der Waals surface area contributed by atoms with Crippen molar-refractivity contribution in [2.45, 2.75) is 0 Å². The van der Waals surface area contributed by atoms with Gasteiger partial charge in [-0.05, 0) is 42.5 Å². The Kier molecular flexibility index (Phi) is 3.80. The largest absolute Gasteiger partial charge is 0.496 e. The number of nitrogens with one attached hydrogen (secondary N) is 1. The highest BCUT2D eigenvalue weighted by molar-refractivity contribution is 6.10. The number of rotatable bonds is 4. The number of hydrogen-bond donors (Lipinski definition) is 1. The van der Waals surface area contributed by atoms with Gasteiger partial charge in [-0.2, -0.15) is 0 Å². The second-order valence-corrected chi connectivity index (χ2v) is 4.00. The molecule has 3 nitrogen and oxygen atoms in total. The number of halogens is 1. The number of ketones is 1. The molecule has 0 atom stereocenters. The van der Waals surface area contributed by atoms with E-state index in [1.165, 1.54) is 25.3 Å². The quantitative estimate of drug-likeness (QED) is 0.857. The minimum absolute atomic E-state index is 0.222. The van der Waals surface area contributed by atoms with E-state index in [1.807, 2.05) is 0 Å². The topological polar surface area (TPSA) is 38.3 Å². The van der Waals surface area contributed by atoms with E-state index < -0.39 is 5.82 Å². The van der Waals surface area contributed by atoms with Crippen molar-refractivity contribution in [2.75, 3.05) is 19.5 Å². The van der Waals surface area contributed by atoms with Crippen molar-refractivity contribution in [1.82, 2.24) is 0 Å². The van der Waals surface area contributed by atoms with Crippen molar-refractivity contribution in [2.24, 2.45) is 0 Å². The molecule has 0 saturated carbocycles. The van der Waals surface area contributed by atoms with Crippen molar-refractivity contribution in [3.05, 3.63) is 59.4 Å². The molecule has 0 spiro atoms. The number of hydrogen-bond acceptors (Lipinski definition) is 3. The fraction of sp³-hybridized carbons (Fsp3) is 0.133. The fourth-order valence-electron chi connectivity index (χ4n) is 1.80. The highest BCUT2D eigenvalue weighted by Gasteiger charge is 2.15. The third-order valence-electron chi connectivity index (χ3n) is 2.84. The zero-order valence-electron chi connectivity index (χ0n) is 10.7. The lowest BCUT2D eigenvalue weighted by Gasteiger charge is -2.08. The molecule has 0 radical (unpaired) electrons. The first-order chi connectivity index (χ1) is 9.15. The SMILES string of the molecule is CNc1ccc(C(=O)c2cc(F)ccc2OC)cc1. The molecule has 0 aliphatic rings. The Balaban J connectivity index is 2.40. The molecule has 2 aromatic rings. The Morgan fingerprint density at radius 1 is 1.16 bits per heavy atom. The summed E-state index contributed by atoms with van der Waals surface area (Å²) >= 11 is 0. The van der Waals surface area contributed by atoms with Gasteiger partial charge < -0.3 is 10.1 Å². The number of methoxy groups -OCH3 is 1. The van der Waals surface area contributed by atoms with E-state index in [2.05, 4.69) is 5.32 Å². The summed E-state index contributed by atoms with van der Waals surface area (Å²) in [6.07, 6.45) is 0. The number of ether oxygens (including phenoxy) is 1. The van der Waals surface area contributed by atoms with Crippen LogP contribution in [0, 0.1) is 5.82 Å². The molecular weight excluding hydrogens is 245 g/mol. The predicted octanol–water partition coefficient (Wildman–Crippen LogP) is 3.11. The van der Waals surface area contributed by atoms with Crippen LogP contribution >= 0.6 is 0 Å². The van der Waals surface area contributed by atoms with Crippen LogP contribution in [0.2, 0.25) is 0 Å². The molecule has 4 heteroatoms. The van der Waals surface area contributed by atoms with Gasteiger partial charge >= 0.3 is 0 Å². The molecule has 2 aromatic carbocycles. The van der Waals surface area contributed by atoms with Crippen molar-refractivity contribution < 1.29 is 13.9 Å². The van der Waals surface area contributed by atoms with Crippen molar-refractivity contribution >= 4 is 11.5 Å². The van der Waals surface area contributed by atoms with Gasteiger partial charge in [-0.15, -0.1) is 0 Å². The minimum atomic E-state index is -0.462. The highest BCUT2D eigenvalue weighted by atomic mass is 19.1. The van der Waals surface area contributed by atoms with Crippen molar-refractivity contribution in [3.63, 3.8) is 0 Å². The van der Waals surface area contributed by atoms with Gasteiger partial charge in [-0.1, -0.05) is 0 Å². The Hall–Kier alpha value is -2.36. The summed E-state index contributed by atoms with van der Waals surface area (Å²) in [6, 6.07) is 10.9. The van der Waals surface area contributed by atoms with E-state index in [0.29, 0.717) is 11.3 Å². The van der Waals surface area contributed by atoms with Crippen LogP contribution in [0.15, 0.2) is 42.5 Å². The molecule has 19 heavy (non-hydrogen) atoms. The molecule has 0 fully saturated rings. The number of anilines is 1. The van der Waals surface area contributed by atoms with E-state index in [4.69, 9.17) is 4.74 Å². The van der Waals surface area contributed by atoms with Crippen LogP contribution in [0.3, 0.4) is 0 Å². The monoisotopic (exact) mass is 259 g/mol. The third-order valence-corrected chi connectivity index (χ3v) is 2.84. The number of carbonyl (C=O) groups excluding carboxylic acids is 1. The Morgan fingerprint density at radius 3 is 2.42 bits per heavy atom. The maximum atomic E-state index is 13.3. The zero-order valence-corrected chi connectivity index (χ0v) is 10.7. The Morgan fingerprint density at radius 2 is 1.84 bits per heavy atom. The molecule has 0 unspecified atom stereocenters. The normalized spacial score (nSPS) is 10.1. The average molecular weight is 259 g/mol. The van der Waals surface area contributed by atoms with Crippen LogP contribution in [0.1, 0.15) is 15.9 Å². The van der Waals surface area contributed by atoms with E-state index >= 15 is 0 Å². The van der Waals surface area contributed by atoms with Crippen molar-refractivity contribution in [3.8, 4) is 5.75 Å². The maximum absolute atomic E-state index is 13.3. The first-order valence-corrected chi connectivity index (χ1v) is 5.81. The minimum Gasteiger partial charge on any atom is -0.496 e. The number of benzene rings is 2. The smallest absolute Gasteiger partial charge is 0.196 e. The summed E-state index contributed by atoms with van der Waals surface area (Å²) in [4.78, 5) is 12.3. The van der Waals surface area contributed by atoms with E-state index in [0.717, 1.165) is 5.69 Å². The Bertz CT molecular complexity index is 594. The van der Waals surface area contributed by atoms with Gasteiger partial charge in [0, 0.05) is 18.3 Å². The molecule has 0 heterocycles. The molecule has 0 amide bonds. The molecule has 0 saturated heterocycles. The second kappa shape index (κ2) is 5.52. The van der Waals surface area contributed by atoms with Crippen LogP contribution in [-0.2, 0) is 0 Å². The van der Waals surface area contributed by atoms with Crippen LogP contribution < -0.4 is 10.1 Å². The lowest BCUT2D eigenvalue weighted by Crippen LogP contribution is -2.04. The fourth-order valence-corrected chi connectivity index (χ4v) is 1.80. The maximum Gasteiger partial charge on any atom is 0.196 e. The first kappa shape index (κ1) is 13.1. The summed E-state index contributed by atoms with van der Waals surface area (Å²) in [5, 5.41) is 2.97. The van der Waals surface area contributed by atoms with Crippen LogP contribution in [0.5, 0.6) is 5.75 Å². The molecule has 0 aliphatic heterocycles. The summed E-state index contributed by atoms with van der Waals surface area (Å²) in [5.74, 6) is -0.362. The molecule has 1 N–H and O–H groups in total. The van der Waals surface area contributed by atoms with E-state index in [-0.39, 0.29) is 11.3 Å². The molecule has 0 bridgehead atoms. The van der Waals surface area contributed by atoms with Gasteiger partial charge in [0.25, 0.3) is 0 Å². The van der Waals surface area contributed by atoms with Gasteiger partial charge in [0.15, 0.2) is 5.78 Å². The van der Waals surface area contributed by atoms with Gasteiger partial charge in [0.2, 0.25) is 0 Å². The third kappa shape index (κ3) is 2.73. The summed E-state index contributed by atoms with van der Waals surface area (Å²) in [5.41, 5.74) is 1.62. The van der Waals surface area contributed by atoms with Crippen LogP contribution in [0.25, 0.3) is 0 Å². The lowest BCUT2D eigenvalue weighted by molar-refractivity contribution is 0.103. The zero-order chi connectivity index (χ0) is 13.8. The molecule has 0 aromatic heterocycles. The summed E-state index contributed by atoms with van der Waals surface area (Å²) in [7, 11) is 3.25. The standard InChI is InChI=1S/C15H14FNO2/c1-17-12-6-3-10(4-7-12)15(18)13-9-11(16)5-8-14(13)19-2/h3-9,17H,1-2H3. The number of carbonyl (C=O) groups is 1. The predicted molar refractivity (Wildman–Crippen MR) is 72.4 cm³/mol.